The average molecular weight is 376 g/mol. The predicted octanol–water partition coefficient (Wildman–Crippen LogP) is 4.07. The third-order valence-corrected chi connectivity index (χ3v) is 4.45. The van der Waals surface area contributed by atoms with E-state index in [2.05, 4.69) is 0 Å². The van der Waals surface area contributed by atoms with E-state index in [1.54, 1.807) is 23.1 Å². The molecule has 0 aliphatic rings. The number of nitrogens with zero attached hydrogens (tertiary/aromatic N) is 2. The van der Waals surface area contributed by atoms with Gasteiger partial charge in [0, 0.05) is 30.7 Å². The Morgan fingerprint density at radius 1 is 0.964 bits per heavy atom. The molecular weight excluding hydrogens is 352 g/mol. The predicted molar refractivity (Wildman–Crippen MR) is 108 cm³/mol. The maximum Gasteiger partial charge on any atom is 0.338 e. The Hall–Kier alpha value is -3.34. The van der Waals surface area contributed by atoms with Gasteiger partial charge in [0.15, 0.2) is 6.61 Å². The van der Waals surface area contributed by atoms with Gasteiger partial charge in [0.05, 0.1) is 5.56 Å². The molecule has 0 fully saturated rings. The van der Waals surface area contributed by atoms with E-state index >= 15 is 0 Å². The number of carbonyl (C=O) groups excluding carboxylic acids is 2. The molecule has 0 bridgehead atoms. The molecule has 0 saturated heterocycles. The van der Waals surface area contributed by atoms with Crippen LogP contribution < -0.4 is 0 Å². The minimum absolute atomic E-state index is 0.00322. The fourth-order valence-corrected chi connectivity index (χ4v) is 2.93. The first-order chi connectivity index (χ1) is 13.5. The lowest BCUT2D eigenvalue weighted by Gasteiger charge is -2.26. The normalized spacial score (nSPS) is 10.7. The van der Waals surface area contributed by atoms with E-state index in [0.29, 0.717) is 12.1 Å². The molecule has 1 amide bonds. The summed E-state index contributed by atoms with van der Waals surface area (Å²) in [4.78, 5) is 26.7. The summed E-state index contributed by atoms with van der Waals surface area (Å²) < 4.78 is 7.20. The van der Waals surface area contributed by atoms with Gasteiger partial charge < -0.3 is 14.2 Å². The maximum absolute atomic E-state index is 12.6. The molecule has 0 radical (unpaired) electrons. The van der Waals surface area contributed by atoms with Crippen molar-refractivity contribution in [2.45, 2.75) is 26.4 Å². The first-order valence-electron chi connectivity index (χ1n) is 9.28. The van der Waals surface area contributed by atoms with E-state index in [0.717, 1.165) is 11.3 Å². The van der Waals surface area contributed by atoms with Crippen LogP contribution >= 0.6 is 0 Å². The van der Waals surface area contributed by atoms with Crippen LogP contribution in [0.3, 0.4) is 0 Å². The number of hydrogen-bond donors (Lipinski definition) is 0. The van der Waals surface area contributed by atoms with Gasteiger partial charge in [0.1, 0.15) is 0 Å². The highest BCUT2D eigenvalue weighted by Crippen LogP contribution is 2.13. The second-order valence-electron chi connectivity index (χ2n) is 6.82. The fourth-order valence-electron chi connectivity index (χ4n) is 2.93. The Morgan fingerprint density at radius 2 is 1.68 bits per heavy atom. The highest BCUT2D eigenvalue weighted by molar-refractivity contribution is 5.91. The summed E-state index contributed by atoms with van der Waals surface area (Å²) in [5.74, 6) is -0.723. The summed E-state index contributed by atoms with van der Waals surface area (Å²) in [5, 5.41) is 0. The molecule has 3 aromatic rings. The Balaban J connectivity index is 1.63. The molecule has 1 aromatic heterocycles. The van der Waals surface area contributed by atoms with Crippen LogP contribution in [-0.4, -0.2) is 34.0 Å². The standard InChI is InChI=1S/C23H24N2O3/c1-18(2)25(16-19-9-4-3-5-10-19)22(26)17-28-23(27)20-11-8-12-21(15-20)24-13-6-7-14-24/h3-15,18H,16-17H2,1-2H3. The second kappa shape index (κ2) is 9.04. The first-order valence-corrected chi connectivity index (χ1v) is 9.28. The molecule has 0 unspecified atom stereocenters. The van der Waals surface area contributed by atoms with E-state index in [1.807, 2.05) is 79.3 Å². The van der Waals surface area contributed by atoms with Gasteiger partial charge in [-0.15, -0.1) is 0 Å². The van der Waals surface area contributed by atoms with Crippen molar-refractivity contribution >= 4 is 11.9 Å². The molecular formula is C23H24N2O3. The van der Waals surface area contributed by atoms with Gasteiger partial charge in [-0.25, -0.2) is 4.79 Å². The van der Waals surface area contributed by atoms with Crippen molar-refractivity contribution in [2.75, 3.05) is 6.61 Å². The summed E-state index contributed by atoms with van der Waals surface area (Å²) in [6, 6.07) is 20.7. The van der Waals surface area contributed by atoms with E-state index in [4.69, 9.17) is 4.74 Å². The molecule has 0 spiro atoms. The largest absolute Gasteiger partial charge is 0.452 e. The first kappa shape index (κ1) is 19.4. The molecule has 0 atom stereocenters. The molecule has 0 N–H and O–H groups in total. The SMILES string of the molecule is CC(C)N(Cc1ccccc1)C(=O)COC(=O)c1cccc(-n2cccc2)c1. The summed E-state index contributed by atoms with van der Waals surface area (Å²) in [7, 11) is 0. The maximum atomic E-state index is 12.6. The fraction of sp³-hybridized carbons (Fsp3) is 0.217. The van der Waals surface area contributed by atoms with E-state index < -0.39 is 5.97 Å². The van der Waals surface area contributed by atoms with Gasteiger partial charge in [0.25, 0.3) is 5.91 Å². The lowest BCUT2D eigenvalue weighted by molar-refractivity contribution is -0.136. The molecule has 0 aliphatic carbocycles. The van der Waals surface area contributed by atoms with E-state index in [9.17, 15) is 9.59 Å². The van der Waals surface area contributed by atoms with Crippen LogP contribution in [0.5, 0.6) is 0 Å². The van der Waals surface area contributed by atoms with Crippen molar-refractivity contribution in [3.63, 3.8) is 0 Å². The Bertz CT molecular complexity index is 918. The van der Waals surface area contributed by atoms with Crippen molar-refractivity contribution in [3.8, 4) is 5.69 Å². The highest BCUT2D eigenvalue weighted by atomic mass is 16.5. The number of benzene rings is 2. The van der Waals surface area contributed by atoms with Gasteiger partial charge in [-0.05, 0) is 49.7 Å². The summed E-state index contributed by atoms with van der Waals surface area (Å²) in [6.07, 6.45) is 3.80. The second-order valence-corrected chi connectivity index (χ2v) is 6.82. The van der Waals surface area contributed by atoms with Crippen molar-refractivity contribution in [3.05, 3.63) is 90.3 Å². The lowest BCUT2D eigenvalue weighted by atomic mass is 10.2. The zero-order chi connectivity index (χ0) is 19.9. The number of esters is 1. The molecule has 0 aliphatic heterocycles. The Labute approximate surface area is 165 Å². The molecule has 28 heavy (non-hydrogen) atoms. The zero-order valence-electron chi connectivity index (χ0n) is 16.1. The summed E-state index contributed by atoms with van der Waals surface area (Å²) >= 11 is 0. The summed E-state index contributed by atoms with van der Waals surface area (Å²) in [6.45, 7) is 4.10. The quantitative estimate of drug-likeness (QED) is 0.584. The van der Waals surface area contributed by atoms with Gasteiger partial charge in [0.2, 0.25) is 0 Å². The number of carbonyl (C=O) groups is 2. The molecule has 5 heteroatoms. The van der Waals surface area contributed by atoms with Crippen molar-refractivity contribution in [2.24, 2.45) is 0 Å². The number of hydrogen-bond acceptors (Lipinski definition) is 3. The third kappa shape index (κ3) is 4.88. The van der Waals surface area contributed by atoms with Crippen LogP contribution in [0.4, 0.5) is 0 Å². The van der Waals surface area contributed by atoms with Crippen molar-refractivity contribution in [1.29, 1.82) is 0 Å². The molecule has 0 saturated carbocycles. The van der Waals surface area contributed by atoms with Crippen molar-refractivity contribution in [1.82, 2.24) is 9.47 Å². The van der Waals surface area contributed by atoms with Gasteiger partial charge >= 0.3 is 5.97 Å². The monoisotopic (exact) mass is 376 g/mol. The van der Waals surface area contributed by atoms with E-state index in [1.165, 1.54) is 0 Å². The van der Waals surface area contributed by atoms with Crippen LogP contribution in [0, 0.1) is 0 Å². The molecule has 5 nitrogen and oxygen atoms in total. The zero-order valence-corrected chi connectivity index (χ0v) is 16.1. The minimum atomic E-state index is -0.509. The highest BCUT2D eigenvalue weighted by Gasteiger charge is 2.19. The number of amides is 1. The van der Waals surface area contributed by atoms with Gasteiger partial charge in [-0.1, -0.05) is 36.4 Å². The number of ether oxygens (including phenoxy) is 1. The minimum Gasteiger partial charge on any atom is -0.452 e. The van der Waals surface area contributed by atoms with Gasteiger partial charge in [-0.3, -0.25) is 4.79 Å². The van der Waals surface area contributed by atoms with E-state index in [-0.39, 0.29) is 18.6 Å². The van der Waals surface area contributed by atoms with Gasteiger partial charge in [-0.2, -0.15) is 0 Å². The molecule has 2 aromatic carbocycles. The number of aromatic nitrogens is 1. The lowest BCUT2D eigenvalue weighted by Crippen LogP contribution is -2.39. The molecule has 3 rings (SSSR count). The van der Waals surface area contributed by atoms with Crippen LogP contribution in [-0.2, 0) is 16.1 Å². The smallest absolute Gasteiger partial charge is 0.338 e. The van der Waals surface area contributed by atoms with Crippen LogP contribution in [0.1, 0.15) is 29.8 Å². The van der Waals surface area contributed by atoms with Crippen LogP contribution in [0.15, 0.2) is 79.1 Å². The average Bonchev–Trinajstić information content (AvgIpc) is 3.25. The van der Waals surface area contributed by atoms with Crippen LogP contribution in [0.2, 0.25) is 0 Å². The molecule has 1 heterocycles. The topological polar surface area (TPSA) is 51.5 Å². The van der Waals surface area contributed by atoms with Crippen LogP contribution in [0.25, 0.3) is 5.69 Å². The summed E-state index contributed by atoms with van der Waals surface area (Å²) in [5.41, 5.74) is 2.31. The Morgan fingerprint density at radius 3 is 2.36 bits per heavy atom. The third-order valence-electron chi connectivity index (χ3n) is 4.45. The Kier molecular flexibility index (Phi) is 6.27. The number of rotatable bonds is 7. The molecule has 144 valence electrons. The van der Waals surface area contributed by atoms with Crippen molar-refractivity contribution < 1.29 is 14.3 Å².